The van der Waals surface area contributed by atoms with Gasteiger partial charge >= 0.3 is 188 Å². The zero-order valence-electron chi connectivity index (χ0n) is 15.9. The van der Waals surface area contributed by atoms with Crippen molar-refractivity contribution in [1.82, 2.24) is 0 Å². The second kappa shape index (κ2) is 6.76. The molecule has 0 radical (unpaired) electrons. The van der Waals surface area contributed by atoms with E-state index in [4.69, 9.17) is 0 Å². The van der Waals surface area contributed by atoms with Gasteiger partial charge < -0.3 is 0 Å². The molecule has 6 aromatic rings. The second-order valence-electron chi connectivity index (χ2n) is 7.75. The third kappa shape index (κ3) is 2.71. The molecule has 0 nitrogen and oxygen atoms in total. The fourth-order valence-electron chi connectivity index (χ4n) is 4.65. The predicted molar refractivity (Wildman–Crippen MR) is 132 cm³/mol. The van der Waals surface area contributed by atoms with Crippen LogP contribution in [0.4, 0.5) is 0 Å². The van der Waals surface area contributed by atoms with E-state index in [0.717, 1.165) is 20.6 Å². The molecule has 132 valence electrons. The molecule has 0 saturated carbocycles. The van der Waals surface area contributed by atoms with E-state index in [-0.39, 0.29) is 0 Å². The molecular weight excluding hydrogens is 727 g/mol. The average Bonchev–Trinajstić information content (AvgIpc) is 2.74. The van der Waals surface area contributed by atoms with Gasteiger partial charge in [0.15, 0.2) is 0 Å². The Bertz CT molecular complexity index is 1550. The summed E-state index contributed by atoms with van der Waals surface area (Å²) in [6.07, 6.45) is 0. The van der Waals surface area contributed by atoms with Crippen molar-refractivity contribution in [2.75, 3.05) is 0 Å². The standard InChI is InChI=1S/C26H15.2Pb.5H/c1-2-7-19-13-24-16-26-22(14-23(24)12-18(19)6-1)10-9-21-11-17-5-3-4-8-20(17)15-25(21)26;;;;;;;/h1-7,9-16H;;;;;;;. The molecule has 0 atom stereocenters. The molecule has 28 heavy (non-hydrogen) atoms. The van der Waals surface area contributed by atoms with Gasteiger partial charge in [0.1, 0.15) is 0 Å². The number of rotatable bonds is 1. The molecule has 0 aliphatic carbocycles. The summed E-state index contributed by atoms with van der Waals surface area (Å²) in [4.78, 5) is 0. The van der Waals surface area contributed by atoms with E-state index in [1.807, 2.05) is 0 Å². The van der Waals surface area contributed by atoms with Crippen molar-refractivity contribution >= 4 is 96.6 Å². The Kier molecular flexibility index (Phi) is 4.19. The molecule has 0 heterocycles. The first-order valence-electron chi connectivity index (χ1n) is 10.0. The van der Waals surface area contributed by atoms with E-state index in [0.29, 0.717) is 0 Å². The third-order valence-corrected chi connectivity index (χ3v) is 37.5. The first-order valence-corrected chi connectivity index (χ1v) is 66.5. The summed E-state index contributed by atoms with van der Waals surface area (Å²) in [5, 5.41) is 13.7. The molecule has 0 aromatic heterocycles. The molecule has 0 N–H and O–H groups in total. The number of hydrogen-bond acceptors (Lipinski definition) is 0. The Hall–Kier alpha value is -1.54. The van der Waals surface area contributed by atoms with Crippen molar-refractivity contribution in [2.45, 2.75) is 0 Å². The van der Waals surface area contributed by atoms with Gasteiger partial charge in [-0.05, 0) is 0 Å². The number of fused-ring (bicyclic) bond motifs is 6. The van der Waals surface area contributed by atoms with Gasteiger partial charge in [0.05, 0.1) is 0 Å². The summed E-state index contributed by atoms with van der Waals surface area (Å²) in [5.74, 6) is 0. The van der Waals surface area contributed by atoms with Crippen LogP contribution in [0.1, 0.15) is 0 Å². The maximum absolute atomic E-state index is 2.49. The van der Waals surface area contributed by atoms with E-state index >= 15 is 0 Å². The molecule has 0 saturated heterocycles. The zero-order chi connectivity index (χ0) is 18.7. The topological polar surface area (TPSA) is 0 Å². The quantitative estimate of drug-likeness (QED) is 0.132. The monoisotopic (exact) mass is 748 g/mol. The predicted octanol–water partition coefficient (Wildman–Crippen LogP) is 4.53. The fourth-order valence-corrected chi connectivity index (χ4v) is 29.8. The van der Waals surface area contributed by atoms with Crippen LogP contribution >= 0.6 is 0 Å². The molecule has 0 amide bonds. The Morgan fingerprint density at radius 2 is 0.964 bits per heavy atom. The van der Waals surface area contributed by atoms with E-state index in [1.165, 1.54) is 53.9 Å². The van der Waals surface area contributed by atoms with Gasteiger partial charge in [0.2, 0.25) is 0 Å². The molecule has 0 spiro atoms. The first-order chi connectivity index (χ1) is 13.8. The Morgan fingerprint density at radius 1 is 0.429 bits per heavy atom. The van der Waals surface area contributed by atoms with Crippen LogP contribution in [-0.4, -0.2) is 39.6 Å². The van der Waals surface area contributed by atoms with Crippen LogP contribution in [-0.2, 0) is 0 Å². The molecule has 6 aromatic carbocycles. The van der Waals surface area contributed by atoms with Gasteiger partial charge in [-0.1, -0.05) is 0 Å². The van der Waals surface area contributed by atoms with Crippen LogP contribution in [0.3, 0.4) is 0 Å². The summed E-state index contributed by atoms with van der Waals surface area (Å²) in [7, 11) is 0. The van der Waals surface area contributed by atoms with Gasteiger partial charge in [-0.2, -0.15) is 0 Å². The molecule has 6 rings (SSSR count). The molecule has 0 bridgehead atoms. The van der Waals surface area contributed by atoms with E-state index in [2.05, 4.69) is 91.0 Å². The molecule has 0 aliphatic rings. The third-order valence-electron chi connectivity index (χ3n) is 6.13. The number of hydrogen-bond donors (Lipinski definition) is 0. The Labute approximate surface area is 185 Å². The van der Waals surface area contributed by atoms with Gasteiger partial charge in [-0.15, -0.1) is 0 Å². The summed E-state index contributed by atoms with van der Waals surface area (Å²) in [6.45, 7) is 0. The van der Waals surface area contributed by atoms with Gasteiger partial charge in [-0.3, -0.25) is 0 Å². The number of benzene rings is 6. The average molecular weight is 747 g/mol. The van der Waals surface area contributed by atoms with Crippen LogP contribution in [0.2, 0.25) is 0 Å². The van der Waals surface area contributed by atoms with Crippen LogP contribution in [0.5, 0.6) is 0 Å². The van der Waals surface area contributed by atoms with Crippen molar-refractivity contribution in [3.05, 3.63) is 91.0 Å². The van der Waals surface area contributed by atoms with Crippen molar-refractivity contribution < 1.29 is 0 Å². The van der Waals surface area contributed by atoms with Gasteiger partial charge in [-0.25, -0.2) is 0 Å². The molecule has 0 unspecified atom stereocenters. The minimum absolute atomic E-state index is 0.741. The van der Waals surface area contributed by atoms with Crippen LogP contribution in [0, 0.1) is 0 Å². The van der Waals surface area contributed by atoms with Crippen molar-refractivity contribution in [2.24, 2.45) is 0 Å². The summed E-state index contributed by atoms with van der Waals surface area (Å²) in [6, 6.07) is 34.5. The van der Waals surface area contributed by atoms with Gasteiger partial charge in [0.25, 0.3) is 0 Å². The molecule has 2 heteroatoms. The molecule has 0 fully saturated rings. The molecular formula is C26H20Pb2. The molecule has 0 aliphatic heterocycles. The van der Waals surface area contributed by atoms with Crippen LogP contribution in [0.15, 0.2) is 91.0 Å². The summed E-state index contributed by atoms with van der Waals surface area (Å²) >= 11 is 0.0451. The summed E-state index contributed by atoms with van der Waals surface area (Å²) < 4.78 is 1.74. The van der Waals surface area contributed by atoms with Crippen molar-refractivity contribution in [3.63, 3.8) is 0 Å². The van der Waals surface area contributed by atoms with E-state index in [1.54, 1.807) is 3.12 Å². The fraction of sp³-hybridized carbons (Fsp3) is 0. The Morgan fingerprint density at radius 3 is 1.68 bits per heavy atom. The Balaban J connectivity index is 1.76. The van der Waals surface area contributed by atoms with E-state index in [9.17, 15) is 0 Å². The zero-order valence-corrected chi connectivity index (χ0v) is 29.1. The van der Waals surface area contributed by atoms with Gasteiger partial charge in [0, 0.05) is 0 Å². The second-order valence-corrected chi connectivity index (χ2v) is 37.6. The normalized spacial score (nSPS) is 12.4. The first kappa shape index (κ1) is 17.3. The van der Waals surface area contributed by atoms with Crippen LogP contribution < -0.4 is 3.12 Å². The van der Waals surface area contributed by atoms with Crippen molar-refractivity contribution in [3.8, 4) is 0 Å². The maximum atomic E-state index is 2.49. The van der Waals surface area contributed by atoms with Crippen molar-refractivity contribution in [1.29, 1.82) is 0 Å². The van der Waals surface area contributed by atoms with Crippen LogP contribution in [0.25, 0.3) is 53.9 Å². The van der Waals surface area contributed by atoms with E-state index < -0.39 is 19.0 Å². The SMILES string of the molecule is [PbH3][PbH2][c]1cccc2cc3ccc4cc5cc6ccccc6cc5cc4c3cc12. The minimum atomic E-state index is -0.741. The summed E-state index contributed by atoms with van der Waals surface area (Å²) in [5.41, 5.74) is 0.